The average molecular weight is 392 g/mol. The average Bonchev–Trinajstić information content (AvgIpc) is 2.78. The molecule has 0 saturated heterocycles. The molecule has 2 aromatic rings. The van der Waals surface area contributed by atoms with Crippen molar-refractivity contribution < 1.29 is 13.3 Å². The van der Waals surface area contributed by atoms with Crippen molar-refractivity contribution in [3.05, 3.63) is 44.4 Å². The first kappa shape index (κ1) is 15.7. The number of halogens is 1. The van der Waals surface area contributed by atoms with Crippen LogP contribution in [0, 0.1) is 17.0 Å². The normalized spacial score (nSPS) is 11.3. The van der Waals surface area contributed by atoms with Gasteiger partial charge in [0.2, 0.25) is 0 Å². The summed E-state index contributed by atoms with van der Waals surface area (Å²) in [7, 11) is -3.92. The maximum atomic E-state index is 12.3. The van der Waals surface area contributed by atoms with Gasteiger partial charge in [-0.25, -0.2) is 8.42 Å². The Hall–Kier alpha value is -1.65. The lowest BCUT2D eigenvalue weighted by Crippen LogP contribution is -2.12. The standard InChI is InChI=1S/C11H10BrN3O4S2/c1-6-7(12)3-2-4-8(6)14-21(18,19)10-5-9(15(16)17)11(13)20-10/h2-5,14H,13H2,1H3. The van der Waals surface area contributed by atoms with Gasteiger partial charge < -0.3 is 5.73 Å². The van der Waals surface area contributed by atoms with Crippen molar-refractivity contribution in [1.29, 1.82) is 0 Å². The summed E-state index contributed by atoms with van der Waals surface area (Å²) in [4.78, 5) is 10.0. The second kappa shape index (κ2) is 5.62. The van der Waals surface area contributed by atoms with Gasteiger partial charge in [0.15, 0.2) is 5.00 Å². The number of hydrogen-bond donors (Lipinski definition) is 2. The molecule has 1 aromatic heterocycles. The SMILES string of the molecule is Cc1c(Br)cccc1NS(=O)(=O)c1cc([N+](=O)[O-])c(N)s1. The van der Waals surface area contributed by atoms with E-state index in [0.29, 0.717) is 22.6 Å². The highest BCUT2D eigenvalue weighted by Crippen LogP contribution is 2.35. The number of nitrogens with one attached hydrogen (secondary N) is 1. The van der Waals surface area contributed by atoms with Gasteiger partial charge in [-0.15, -0.1) is 0 Å². The van der Waals surface area contributed by atoms with Crippen LogP contribution in [0.1, 0.15) is 5.56 Å². The number of thiophene rings is 1. The number of nitrogen functional groups attached to an aromatic ring is 1. The molecule has 0 atom stereocenters. The highest BCUT2D eigenvalue weighted by Gasteiger charge is 2.25. The van der Waals surface area contributed by atoms with Crippen LogP contribution >= 0.6 is 27.3 Å². The third-order valence-corrected chi connectivity index (χ3v) is 6.34. The molecule has 1 aromatic carbocycles. The molecule has 3 N–H and O–H groups in total. The third-order valence-electron chi connectivity index (χ3n) is 2.69. The number of nitro groups is 1. The van der Waals surface area contributed by atoms with E-state index in [1.807, 2.05) is 0 Å². The number of benzene rings is 1. The third kappa shape index (κ3) is 3.17. The van der Waals surface area contributed by atoms with Crippen LogP contribution in [0.4, 0.5) is 16.4 Å². The Kier molecular flexibility index (Phi) is 4.21. The van der Waals surface area contributed by atoms with E-state index in [-0.39, 0.29) is 9.21 Å². The monoisotopic (exact) mass is 391 g/mol. The number of nitrogens with zero attached hydrogens (tertiary/aromatic N) is 1. The van der Waals surface area contributed by atoms with Crippen molar-refractivity contribution >= 4 is 53.7 Å². The summed E-state index contributed by atoms with van der Waals surface area (Å²) in [6.07, 6.45) is 0. The predicted molar refractivity (Wildman–Crippen MR) is 85.1 cm³/mol. The molecule has 1 heterocycles. The fourth-order valence-corrected chi connectivity index (χ4v) is 4.26. The second-order valence-electron chi connectivity index (χ2n) is 4.09. The fourth-order valence-electron chi connectivity index (χ4n) is 1.56. The van der Waals surface area contributed by atoms with Crippen LogP contribution in [0.5, 0.6) is 0 Å². The Bertz CT molecular complexity index is 817. The number of anilines is 2. The van der Waals surface area contributed by atoms with E-state index >= 15 is 0 Å². The van der Waals surface area contributed by atoms with Gasteiger partial charge in [0.05, 0.1) is 10.6 Å². The van der Waals surface area contributed by atoms with Gasteiger partial charge in [0.1, 0.15) is 4.21 Å². The summed E-state index contributed by atoms with van der Waals surface area (Å²) >= 11 is 3.96. The van der Waals surface area contributed by atoms with Crippen molar-refractivity contribution in [2.75, 3.05) is 10.5 Å². The molecule has 0 spiro atoms. The highest BCUT2D eigenvalue weighted by atomic mass is 79.9. The number of rotatable bonds is 4. The molecule has 21 heavy (non-hydrogen) atoms. The molecule has 0 amide bonds. The molecule has 0 aliphatic rings. The Morgan fingerprint density at radius 2 is 2.10 bits per heavy atom. The molecule has 0 unspecified atom stereocenters. The van der Waals surface area contributed by atoms with E-state index in [4.69, 9.17) is 5.73 Å². The minimum absolute atomic E-state index is 0.147. The maximum absolute atomic E-state index is 12.3. The van der Waals surface area contributed by atoms with Gasteiger partial charge >= 0.3 is 5.69 Å². The molecule has 0 radical (unpaired) electrons. The molecule has 7 nitrogen and oxygen atoms in total. The Morgan fingerprint density at radius 3 is 2.67 bits per heavy atom. The number of nitrogens with two attached hydrogens (primary N) is 1. The zero-order valence-corrected chi connectivity index (χ0v) is 13.9. The molecule has 112 valence electrons. The van der Waals surface area contributed by atoms with Gasteiger partial charge in [-0.2, -0.15) is 0 Å². The van der Waals surface area contributed by atoms with Crippen molar-refractivity contribution in [2.45, 2.75) is 11.1 Å². The van der Waals surface area contributed by atoms with E-state index in [0.717, 1.165) is 10.5 Å². The number of hydrogen-bond acceptors (Lipinski definition) is 6. The van der Waals surface area contributed by atoms with Gasteiger partial charge in [-0.3, -0.25) is 14.8 Å². The second-order valence-corrected chi connectivity index (χ2v) is 7.94. The highest BCUT2D eigenvalue weighted by molar-refractivity contribution is 9.10. The zero-order chi connectivity index (χ0) is 15.8. The van der Waals surface area contributed by atoms with E-state index in [2.05, 4.69) is 20.7 Å². The molecule has 0 aliphatic carbocycles. The lowest BCUT2D eigenvalue weighted by Gasteiger charge is -2.10. The summed E-state index contributed by atoms with van der Waals surface area (Å²) in [5.74, 6) is 0. The quantitative estimate of drug-likeness (QED) is 0.613. The Labute approximate surface area is 133 Å². The maximum Gasteiger partial charge on any atom is 0.304 e. The molecular weight excluding hydrogens is 382 g/mol. The lowest BCUT2D eigenvalue weighted by molar-refractivity contribution is -0.383. The van der Waals surface area contributed by atoms with Crippen molar-refractivity contribution in [1.82, 2.24) is 0 Å². The summed E-state index contributed by atoms with van der Waals surface area (Å²) in [5, 5.41) is 10.6. The van der Waals surface area contributed by atoms with Crippen molar-refractivity contribution in [3.63, 3.8) is 0 Å². The van der Waals surface area contributed by atoms with Gasteiger partial charge in [0, 0.05) is 10.5 Å². The first-order valence-electron chi connectivity index (χ1n) is 5.54. The molecular formula is C11H10BrN3O4S2. The molecule has 2 rings (SSSR count). The van der Waals surface area contributed by atoms with E-state index in [1.54, 1.807) is 25.1 Å². The minimum atomic E-state index is -3.92. The smallest absolute Gasteiger partial charge is 0.304 e. The summed E-state index contributed by atoms with van der Waals surface area (Å²) in [6, 6.07) is 6.01. The van der Waals surface area contributed by atoms with E-state index in [9.17, 15) is 18.5 Å². The zero-order valence-electron chi connectivity index (χ0n) is 10.7. The topological polar surface area (TPSA) is 115 Å². The molecule has 0 fully saturated rings. The van der Waals surface area contributed by atoms with E-state index in [1.165, 1.54) is 0 Å². The Morgan fingerprint density at radius 1 is 1.43 bits per heavy atom. The number of sulfonamides is 1. The van der Waals surface area contributed by atoms with Crippen LogP contribution in [0.2, 0.25) is 0 Å². The van der Waals surface area contributed by atoms with Crippen LogP contribution in [0.25, 0.3) is 0 Å². The molecule has 0 aliphatic heterocycles. The van der Waals surface area contributed by atoms with Crippen LogP contribution in [0.15, 0.2) is 32.9 Å². The van der Waals surface area contributed by atoms with Crippen LogP contribution in [0.3, 0.4) is 0 Å². The lowest BCUT2D eigenvalue weighted by atomic mass is 10.2. The van der Waals surface area contributed by atoms with Gasteiger partial charge in [-0.05, 0) is 24.6 Å². The Balaban J connectivity index is 2.41. The molecule has 10 heteroatoms. The van der Waals surface area contributed by atoms with Crippen molar-refractivity contribution in [3.8, 4) is 0 Å². The summed E-state index contributed by atoms with van der Waals surface area (Å²) in [5.41, 5.74) is 6.15. The van der Waals surface area contributed by atoms with Crippen LogP contribution in [-0.4, -0.2) is 13.3 Å². The first-order chi connectivity index (χ1) is 9.72. The predicted octanol–water partition coefficient (Wildman–Crippen LogP) is 3.11. The van der Waals surface area contributed by atoms with Crippen LogP contribution in [-0.2, 0) is 10.0 Å². The largest absolute Gasteiger partial charge is 0.385 e. The van der Waals surface area contributed by atoms with Gasteiger partial charge in [0.25, 0.3) is 10.0 Å². The van der Waals surface area contributed by atoms with Gasteiger partial charge in [-0.1, -0.05) is 33.3 Å². The molecule has 0 bridgehead atoms. The van der Waals surface area contributed by atoms with Crippen molar-refractivity contribution in [2.24, 2.45) is 0 Å². The van der Waals surface area contributed by atoms with E-state index < -0.39 is 20.6 Å². The summed E-state index contributed by atoms with van der Waals surface area (Å²) < 4.78 is 27.5. The van der Waals surface area contributed by atoms with Crippen LogP contribution < -0.4 is 10.5 Å². The minimum Gasteiger partial charge on any atom is -0.385 e. The fraction of sp³-hybridized carbons (Fsp3) is 0.0909. The molecule has 0 saturated carbocycles. The summed E-state index contributed by atoms with van der Waals surface area (Å²) in [6.45, 7) is 1.74. The first-order valence-corrected chi connectivity index (χ1v) is 8.63.